The van der Waals surface area contributed by atoms with Gasteiger partial charge in [-0.2, -0.15) is 0 Å². The van der Waals surface area contributed by atoms with Crippen molar-refractivity contribution in [3.63, 3.8) is 0 Å². The lowest BCUT2D eigenvalue weighted by molar-refractivity contribution is -0.128. The lowest BCUT2D eigenvalue weighted by atomic mass is 10.2. The number of rotatable bonds is 8. The molecule has 1 aliphatic heterocycles. The van der Waals surface area contributed by atoms with E-state index in [1.807, 2.05) is 43.3 Å². The Morgan fingerprint density at radius 2 is 1.90 bits per heavy atom. The summed E-state index contributed by atoms with van der Waals surface area (Å²) in [4.78, 5) is 31.9. The largest absolute Gasteiger partial charge is 0.495 e. The molecule has 1 N–H and O–H groups in total. The first kappa shape index (κ1) is 21.9. The molecule has 0 aromatic heterocycles. The van der Waals surface area contributed by atoms with Crippen LogP contribution < -0.4 is 10.1 Å². The quantitative estimate of drug-likeness (QED) is 0.669. The third-order valence-electron chi connectivity index (χ3n) is 4.79. The van der Waals surface area contributed by atoms with Crippen LogP contribution >= 0.6 is 11.8 Å². The summed E-state index contributed by atoms with van der Waals surface area (Å²) in [6, 6.07) is 15.2. The van der Waals surface area contributed by atoms with Gasteiger partial charge in [-0.25, -0.2) is 4.99 Å². The molecular formula is C23H27N3O3S. The number of carbonyl (C=O) groups is 2. The van der Waals surface area contributed by atoms with Gasteiger partial charge in [-0.05, 0) is 42.7 Å². The average Bonchev–Trinajstić information content (AvgIpc) is 3.03. The molecule has 0 bridgehead atoms. The van der Waals surface area contributed by atoms with Gasteiger partial charge in [-0.1, -0.05) is 49.9 Å². The maximum absolute atomic E-state index is 12.9. The monoisotopic (exact) mass is 425 g/mol. The molecule has 0 unspecified atom stereocenters. The molecule has 6 nitrogen and oxygen atoms in total. The van der Waals surface area contributed by atoms with Crippen molar-refractivity contribution >= 4 is 40.1 Å². The van der Waals surface area contributed by atoms with Gasteiger partial charge >= 0.3 is 0 Å². The molecule has 2 amide bonds. The highest BCUT2D eigenvalue weighted by atomic mass is 32.2. The number of aliphatic imine (C=N–C) groups is 1. The van der Waals surface area contributed by atoms with Crippen LogP contribution in [-0.4, -0.2) is 40.8 Å². The highest BCUT2D eigenvalue weighted by molar-refractivity contribution is 8.15. The Bertz CT molecular complexity index is 928. The number of benzene rings is 2. The van der Waals surface area contributed by atoms with Crippen molar-refractivity contribution in [1.29, 1.82) is 0 Å². The van der Waals surface area contributed by atoms with Crippen LogP contribution in [-0.2, 0) is 16.0 Å². The van der Waals surface area contributed by atoms with Crippen LogP contribution in [0.4, 0.5) is 11.4 Å². The molecule has 30 heavy (non-hydrogen) atoms. The first-order valence-electron chi connectivity index (χ1n) is 10.1. The van der Waals surface area contributed by atoms with Crippen molar-refractivity contribution in [1.82, 2.24) is 4.90 Å². The molecule has 7 heteroatoms. The summed E-state index contributed by atoms with van der Waals surface area (Å²) in [7, 11) is 1.56. The fraction of sp³-hybridized carbons (Fsp3) is 0.348. The van der Waals surface area contributed by atoms with Gasteiger partial charge in [0.05, 0.1) is 18.5 Å². The van der Waals surface area contributed by atoms with E-state index in [4.69, 9.17) is 4.74 Å². The predicted octanol–water partition coefficient (Wildman–Crippen LogP) is 4.63. The number of ether oxygens (including phenoxy) is 1. The maximum Gasteiger partial charge on any atom is 0.242 e. The second-order valence-corrected chi connectivity index (χ2v) is 8.13. The fourth-order valence-electron chi connectivity index (χ4n) is 3.19. The summed E-state index contributed by atoms with van der Waals surface area (Å²) in [5.74, 6) is 0.290. The number of carbonyl (C=O) groups excluding carboxylic acids is 2. The molecule has 1 saturated heterocycles. The number of nitrogens with one attached hydrogen (secondary N) is 1. The van der Waals surface area contributed by atoms with Gasteiger partial charge < -0.3 is 10.1 Å². The Hall–Kier alpha value is -2.80. The van der Waals surface area contributed by atoms with E-state index < -0.39 is 5.25 Å². The second kappa shape index (κ2) is 10.3. The van der Waals surface area contributed by atoms with Gasteiger partial charge in [0, 0.05) is 13.0 Å². The van der Waals surface area contributed by atoms with E-state index in [9.17, 15) is 9.59 Å². The van der Waals surface area contributed by atoms with E-state index in [0.29, 0.717) is 23.1 Å². The van der Waals surface area contributed by atoms with Crippen molar-refractivity contribution in [2.24, 2.45) is 4.99 Å². The molecule has 1 heterocycles. The topological polar surface area (TPSA) is 71.0 Å². The Morgan fingerprint density at radius 1 is 1.17 bits per heavy atom. The Morgan fingerprint density at radius 3 is 2.57 bits per heavy atom. The lowest BCUT2D eigenvalue weighted by Gasteiger charge is -2.15. The van der Waals surface area contributed by atoms with E-state index in [-0.39, 0.29) is 18.2 Å². The van der Waals surface area contributed by atoms with Gasteiger partial charge in [0.25, 0.3) is 0 Å². The molecular weight excluding hydrogens is 398 g/mol. The average molecular weight is 426 g/mol. The van der Waals surface area contributed by atoms with Crippen molar-refractivity contribution in [2.45, 2.75) is 38.4 Å². The molecule has 1 aliphatic rings. The third-order valence-corrected chi connectivity index (χ3v) is 5.96. The highest BCUT2D eigenvalue weighted by Crippen LogP contribution is 2.32. The predicted molar refractivity (Wildman–Crippen MR) is 123 cm³/mol. The third kappa shape index (κ3) is 5.21. The molecule has 2 aromatic rings. The highest BCUT2D eigenvalue weighted by Gasteiger charge is 2.38. The van der Waals surface area contributed by atoms with Crippen LogP contribution in [0.1, 0.15) is 32.3 Å². The van der Waals surface area contributed by atoms with Crippen molar-refractivity contribution in [3.8, 4) is 5.75 Å². The molecule has 0 radical (unpaired) electrons. The van der Waals surface area contributed by atoms with Crippen LogP contribution in [0.5, 0.6) is 5.75 Å². The molecule has 0 saturated carbocycles. The number of para-hydroxylation sites is 2. The summed E-state index contributed by atoms with van der Waals surface area (Å²) in [6.45, 7) is 4.71. The smallest absolute Gasteiger partial charge is 0.242 e. The van der Waals surface area contributed by atoms with E-state index >= 15 is 0 Å². The van der Waals surface area contributed by atoms with Crippen LogP contribution in [0.3, 0.4) is 0 Å². The number of hydrogen-bond donors (Lipinski definition) is 1. The zero-order valence-electron chi connectivity index (χ0n) is 17.6. The first-order chi connectivity index (χ1) is 14.5. The maximum atomic E-state index is 12.9. The van der Waals surface area contributed by atoms with E-state index in [2.05, 4.69) is 17.2 Å². The van der Waals surface area contributed by atoms with E-state index in [0.717, 1.165) is 18.5 Å². The lowest BCUT2D eigenvalue weighted by Crippen LogP contribution is -2.34. The summed E-state index contributed by atoms with van der Waals surface area (Å²) >= 11 is 1.35. The van der Waals surface area contributed by atoms with Gasteiger partial charge in [-0.3, -0.25) is 14.5 Å². The fourth-order valence-corrected chi connectivity index (χ4v) is 4.37. The standard InChI is InChI=1S/C23H27N3O3S/c1-4-14-26-22(28)20(15-21(27)25-18-8-6-7-9-19(18)29-3)30-23(26)24-17-12-10-16(5-2)11-13-17/h6-13,20H,4-5,14-15H2,1-3H3,(H,25,27)/t20-/m0/s1. The van der Waals surface area contributed by atoms with E-state index in [1.54, 1.807) is 24.1 Å². The van der Waals surface area contributed by atoms with Gasteiger partial charge in [0.1, 0.15) is 11.0 Å². The summed E-state index contributed by atoms with van der Waals surface area (Å²) in [6.07, 6.45) is 1.87. The molecule has 1 fully saturated rings. The molecule has 1 atom stereocenters. The first-order valence-corrected chi connectivity index (χ1v) is 11.0. The SMILES string of the molecule is CCCN1C(=O)[C@H](CC(=O)Nc2ccccc2OC)SC1=Nc1ccc(CC)cc1. The number of aryl methyl sites for hydroxylation is 1. The van der Waals surface area contributed by atoms with Gasteiger partial charge in [0.15, 0.2) is 5.17 Å². The van der Waals surface area contributed by atoms with Crippen molar-refractivity contribution < 1.29 is 14.3 Å². The molecule has 0 aliphatic carbocycles. The second-order valence-electron chi connectivity index (χ2n) is 6.96. The number of amides is 2. The summed E-state index contributed by atoms with van der Waals surface area (Å²) < 4.78 is 5.27. The number of methoxy groups -OCH3 is 1. The van der Waals surface area contributed by atoms with Crippen LogP contribution in [0.15, 0.2) is 53.5 Å². The zero-order chi connectivity index (χ0) is 21.5. The Balaban J connectivity index is 1.73. The zero-order valence-corrected chi connectivity index (χ0v) is 18.4. The number of amidine groups is 1. The minimum Gasteiger partial charge on any atom is -0.495 e. The molecule has 158 valence electrons. The van der Waals surface area contributed by atoms with Crippen molar-refractivity contribution in [2.75, 3.05) is 19.0 Å². The molecule has 2 aromatic carbocycles. The van der Waals surface area contributed by atoms with Gasteiger partial charge in [0.2, 0.25) is 11.8 Å². The van der Waals surface area contributed by atoms with E-state index in [1.165, 1.54) is 17.3 Å². The van der Waals surface area contributed by atoms with Crippen LogP contribution in [0, 0.1) is 0 Å². The minimum atomic E-state index is -0.486. The number of nitrogens with zero attached hydrogens (tertiary/aromatic N) is 2. The minimum absolute atomic E-state index is 0.0686. The van der Waals surface area contributed by atoms with Crippen molar-refractivity contribution in [3.05, 3.63) is 54.1 Å². The summed E-state index contributed by atoms with van der Waals surface area (Å²) in [5, 5.41) is 3.01. The Labute approximate surface area is 181 Å². The van der Waals surface area contributed by atoms with Crippen LogP contribution in [0.2, 0.25) is 0 Å². The number of anilines is 1. The van der Waals surface area contributed by atoms with Gasteiger partial charge in [-0.15, -0.1) is 0 Å². The molecule has 3 rings (SSSR count). The van der Waals surface area contributed by atoms with Crippen LogP contribution in [0.25, 0.3) is 0 Å². The molecule has 0 spiro atoms. The summed E-state index contributed by atoms with van der Waals surface area (Å²) in [5.41, 5.74) is 2.64. The number of hydrogen-bond acceptors (Lipinski definition) is 5. The number of thioether (sulfide) groups is 1. The Kier molecular flexibility index (Phi) is 7.52. The normalized spacial score (nSPS) is 17.4.